The van der Waals surface area contributed by atoms with Crippen molar-refractivity contribution in [1.29, 1.82) is 0 Å². The van der Waals surface area contributed by atoms with Crippen molar-refractivity contribution in [3.8, 4) is 11.5 Å². The van der Waals surface area contributed by atoms with E-state index in [1.165, 1.54) is 0 Å². The lowest BCUT2D eigenvalue weighted by atomic mass is 10.0. The number of hydrogen-bond acceptors (Lipinski definition) is 5. The highest BCUT2D eigenvalue weighted by atomic mass is 16.6. The summed E-state index contributed by atoms with van der Waals surface area (Å²) in [5.41, 5.74) is 0.0212. The van der Waals surface area contributed by atoms with Gasteiger partial charge in [-0.1, -0.05) is 0 Å². The molecule has 1 atom stereocenters. The molecule has 2 aliphatic rings. The molecule has 2 aliphatic heterocycles. The summed E-state index contributed by atoms with van der Waals surface area (Å²) in [5.74, 6) is 1.16. The maximum absolute atomic E-state index is 12.9. The van der Waals surface area contributed by atoms with Crippen molar-refractivity contribution in [3.63, 3.8) is 0 Å². The second-order valence-corrected chi connectivity index (χ2v) is 8.00. The molecule has 27 heavy (non-hydrogen) atoms. The van der Waals surface area contributed by atoms with E-state index in [4.69, 9.17) is 14.2 Å². The fourth-order valence-electron chi connectivity index (χ4n) is 3.31. The lowest BCUT2D eigenvalue weighted by Gasteiger charge is -2.38. The monoisotopic (exact) mass is 376 g/mol. The van der Waals surface area contributed by atoms with E-state index in [0.29, 0.717) is 43.4 Å². The summed E-state index contributed by atoms with van der Waals surface area (Å²) < 4.78 is 16.5. The number of carbonyl (C=O) groups excluding carboxylic acids is 2. The number of carbonyl (C=O) groups is 2. The van der Waals surface area contributed by atoms with Crippen LogP contribution >= 0.6 is 0 Å². The first-order chi connectivity index (χ1) is 12.7. The Morgan fingerprint density at radius 1 is 1.19 bits per heavy atom. The molecule has 0 bridgehead atoms. The minimum absolute atomic E-state index is 0.0491. The summed E-state index contributed by atoms with van der Waals surface area (Å²) in [5, 5.41) is 0. The third-order valence-corrected chi connectivity index (χ3v) is 4.71. The molecule has 148 valence electrons. The zero-order valence-electron chi connectivity index (χ0n) is 16.5. The van der Waals surface area contributed by atoms with E-state index in [-0.39, 0.29) is 18.0 Å². The molecule has 0 N–H and O–H groups in total. The van der Waals surface area contributed by atoms with Gasteiger partial charge in [-0.25, -0.2) is 4.79 Å². The van der Waals surface area contributed by atoms with Gasteiger partial charge in [0.1, 0.15) is 18.8 Å². The van der Waals surface area contributed by atoms with Gasteiger partial charge in [0.05, 0.1) is 0 Å². The van der Waals surface area contributed by atoms with Gasteiger partial charge in [0.2, 0.25) is 0 Å². The summed E-state index contributed by atoms with van der Waals surface area (Å²) in [6.45, 7) is 7.67. The van der Waals surface area contributed by atoms with Crippen molar-refractivity contribution in [2.45, 2.75) is 45.3 Å². The zero-order chi connectivity index (χ0) is 19.6. The van der Waals surface area contributed by atoms with E-state index < -0.39 is 5.60 Å². The molecular formula is C20H28N2O5. The average molecular weight is 376 g/mol. The highest BCUT2D eigenvalue weighted by molar-refractivity contribution is 5.95. The Kier molecular flexibility index (Phi) is 5.48. The minimum Gasteiger partial charge on any atom is -0.486 e. The smallest absolute Gasteiger partial charge is 0.410 e. The average Bonchev–Trinajstić information content (AvgIpc) is 2.65. The summed E-state index contributed by atoms with van der Waals surface area (Å²) in [4.78, 5) is 28.7. The maximum Gasteiger partial charge on any atom is 0.410 e. The Hall–Kier alpha value is -2.44. The van der Waals surface area contributed by atoms with Crippen molar-refractivity contribution in [3.05, 3.63) is 23.8 Å². The van der Waals surface area contributed by atoms with E-state index in [1.807, 2.05) is 20.8 Å². The Bertz CT molecular complexity index is 713. The zero-order valence-corrected chi connectivity index (χ0v) is 16.5. The van der Waals surface area contributed by atoms with E-state index in [0.717, 1.165) is 12.8 Å². The first-order valence-electron chi connectivity index (χ1n) is 9.39. The Morgan fingerprint density at radius 2 is 1.89 bits per heavy atom. The third-order valence-electron chi connectivity index (χ3n) is 4.71. The lowest BCUT2D eigenvalue weighted by Crippen LogP contribution is -2.51. The van der Waals surface area contributed by atoms with Crippen LogP contribution in [0.2, 0.25) is 0 Å². The maximum atomic E-state index is 12.9. The predicted octanol–water partition coefficient (Wildman–Crippen LogP) is 2.93. The Balaban J connectivity index is 1.66. The molecule has 0 aromatic heterocycles. The number of likely N-dealkylation sites (N-methyl/N-ethyl adjacent to an activating group) is 1. The summed E-state index contributed by atoms with van der Waals surface area (Å²) in [7, 11) is 1.78. The van der Waals surface area contributed by atoms with E-state index in [2.05, 4.69) is 0 Å². The lowest BCUT2D eigenvalue weighted by molar-refractivity contribution is 0.0123. The number of nitrogens with zero attached hydrogens (tertiary/aromatic N) is 2. The van der Waals surface area contributed by atoms with Crippen molar-refractivity contribution in [1.82, 2.24) is 9.80 Å². The molecule has 7 heteroatoms. The van der Waals surface area contributed by atoms with Crippen LogP contribution in [0, 0.1) is 0 Å². The second-order valence-electron chi connectivity index (χ2n) is 8.00. The van der Waals surface area contributed by atoms with Gasteiger partial charge < -0.3 is 24.0 Å². The van der Waals surface area contributed by atoms with E-state index in [9.17, 15) is 9.59 Å². The molecule has 2 amide bonds. The predicted molar refractivity (Wildman–Crippen MR) is 100 cm³/mol. The van der Waals surface area contributed by atoms with Gasteiger partial charge in [-0.3, -0.25) is 4.79 Å². The number of fused-ring (bicyclic) bond motifs is 1. The molecule has 0 radical (unpaired) electrons. The van der Waals surface area contributed by atoms with Crippen LogP contribution in [-0.4, -0.2) is 66.8 Å². The first-order valence-corrected chi connectivity index (χ1v) is 9.39. The highest BCUT2D eigenvalue weighted by Crippen LogP contribution is 2.31. The molecule has 0 spiro atoms. The summed E-state index contributed by atoms with van der Waals surface area (Å²) in [6.07, 6.45) is 1.36. The van der Waals surface area contributed by atoms with Gasteiger partial charge >= 0.3 is 6.09 Å². The highest BCUT2D eigenvalue weighted by Gasteiger charge is 2.31. The number of hydrogen-bond donors (Lipinski definition) is 0. The van der Waals surface area contributed by atoms with Crippen LogP contribution in [0.15, 0.2) is 18.2 Å². The Morgan fingerprint density at radius 3 is 2.59 bits per heavy atom. The fourth-order valence-corrected chi connectivity index (χ4v) is 3.31. The van der Waals surface area contributed by atoms with Gasteiger partial charge in [0, 0.05) is 31.7 Å². The molecular weight excluding hydrogens is 348 g/mol. The number of ether oxygens (including phenoxy) is 3. The van der Waals surface area contributed by atoms with Crippen LogP contribution in [0.3, 0.4) is 0 Å². The summed E-state index contributed by atoms with van der Waals surface area (Å²) >= 11 is 0. The molecule has 1 aromatic rings. The summed E-state index contributed by atoms with van der Waals surface area (Å²) in [6, 6.07) is 5.19. The first kappa shape index (κ1) is 19.3. The van der Waals surface area contributed by atoms with E-state index >= 15 is 0 Å². The van der Waals surface area contributed by atoms with Crippen LogP contribution in [0.4, 0.5) is 4.79 Å². The van der Waals surface area contributed by atoms with Crippen molar-refractivity contribution in [2.24, 2.45) is 0 Å². The minimum atomic E-state index is -0.531. The van der Waals surface area contributed by atoms with Gasteiger partial charge in [-0.05, 0) is 51.8 Å². The topological polar surface area (TPSA) is 68.3 Å². The molecule has 7 nitrogen and oxygen atoms in total. The third kappa shape index (κ3) is 4.64. The quantitative estimate of drug-likeness (QED) is 0.794. The normalized spacial score (nSPS) is 19.4. The van der Waals surface area contributed by atoms with Crippen molar-refractivity contribution >= 4 is 12.0 Å². The largest absolute Gasteiger partial charge is 0.486 e. The Labute approximate surface area is 160 Å². The molecule has 0 unspecified atom stereocenters. The van der Waals surface area contributed by atoms with Gasteiger partial charge in [0.15, 0.2) is 11.5 Å². The molecule has 0 saturated carbocycles. The van der Waals surface area contributed by atoms with E-state index in [1.54, 1.807) is 35.0 Å². The van der Waals surface area contributed by atoms with Crippen molar-refractivity contribution < 1.29 is 23.8 Å². The molecule has 1 aromatic carbocycles. The number of benzene rings is 1. The number of piperidine rings is 1. The fraction of sp³-hybridized carbons (Fsp3) is 0.600. The number of amides is 2. The van der Waals surface area contributed by atoms with Crippen LogP contribution < -0.4 is 9.47 Å². The van der Waals surface area contributed by atoms with Gasteiger partial charge in [-0.2, -0.15) is 0 Å². The number of likely N-dealkylation sites (tertiary alicyclic amines) is 1. The van der Waals surface area contributed by atoms with Gasteiger partial charge in [-0.15, -0.1) is 0 Å². The SMILES string of the molecule is CN(C(=O)c1ccc2c(c1)OCCO2)[C@@H]1CCCN(C(=O)OC(C)(C)C)C1. The van der Waals surface area contributed by atoms with Crippen LogP contribution in [-0.2, 0) is 4.74 Å². The molecule has 3 rings (SSSR count). The van der Waals surface area contributed by atoms with Gasteiger partial charge in [0.25, 0.3) is 5.91 Å². The molecule has 1 fully saturated rings. The number of rotatable bonds is 2. The second kappa shape index (κ2) is 7.66. The van der Waals surface area contributed by atoms with Crippen molar-refractivity contribution in [2.75, 3.05) is 33.4 Å². The molecule has 2 heterocycles. The molecule has 1 saturated heterocycles. The van der Waals surface area contributed by atoms with Crippen LogP contribution in [0.1, 0.15) is 44.0 Å². The standard InChI is InChI=1S/C20H28N2O5/c1-20(2,3)27-19(24)22-9-5-6-15(13-22)21(4)18(23)14-7-8-16-17(12-14)26-11-10-25-16/h7-8,12,15H,5-6,9-11,13H2,1-4H3/t15-/m1/s1. The van der Waals surface area contributed by atoms with Crippen LogP contribution in [0.25, 0.3) is 0 Å². The van der Waals surface area contributed by atoms with Crippen LogP contribution in [0.5, 0.6) is 11.5 Å². The molecule has 0 aliphatic carbocycles.